The van der Waals surface area contributed by atoms with Crippen LogP contribution in [0.15, 0.2) is 54.6 Å². The Labute approximate surface area is 166 Å². The summed E-state index contributed by atoms with van der Waals surface area (Å²) in [6.07, 6.45) is 1.08. The maximum Gasteiger partial charge on any atom is 0.263 e. The first kappa shape index (κ1) is 19.9. The third kappa shape index (κ3) is 4.91. The van der Waals surface area contributed by atoms with Crippen LogP contribution in [0.3, 0.4) is 0 Å². The summed E-state index contributed by atoms with van der Waals surface area (Å²) < 4.78 is 5.87. The van der Waals surface area contributed by atoms with Gasteiger partial charge in [0.05, 0.1) is 5.92 Å². The number of piperidine rings is 1. The lowest BCUT2D eigenvalue weighted by atomic mass is 9.96. The van der Waals surface area contributed by atoms with Crippen molar-refractivity contribution in [2.45, 2.75) is 32.8 Å². The van der Waals surface area contributed by atoms with E-state index in [1.54, 1.807) is 11.8 Å². The van der Waals surface area contributed by atoms with Gasteiger partial charge in [-0.15, -0.1) is 0 Å². The Bertz CT molecular complexity index is 789. The second kappa shape index (κ2) is 9.40. The fourth-order valence-electron chi connectivity index (χ4n) is 3.58. The monoisotopic (exact) mass is 380 g/mol. The Morgan fingerprint density at radius 2 is 1.79 bits per heavy atom. The molecule has 0 aromatic heterocycles. The number of carbonyl (C=O) groups is 2. The molecule has 2 unspecified atom stereocenters. The molecule has 1 aliphatic rings. The minimum atomic E-state index is -0.587. The van der Waals surface area contributed by atoms with Gasteiger partial charge < -0.3 is 15.0 Å². The van der Waals surface area contributed by atoms with Crippen molar-refractivity contribution in [1.29, 1.82) is 0 Å². The third-order valence-corrected chi connectivity index (χ3v) is 5.08. The Hall–Kier alpha value is -2.82. The highest BCUT2D eigenvalue weighted by atomic mass is 16.5. The molecule has 5 heteroatoms. The fourth-order valence-corrected chi connectivity index (χ4v) is 3.58. The topological polar surface area (TPSA) is 58.6 Å². The van der Waals surface area contributed by atoms with Crippen LogP contribution in [-0.4, -0.2) is 42.5 Å². The van der Waals surface area contributed by atoms with E-state index in [1.807, 2.05) is 49.4 Å². The minimum Gasteiger partial charge on any atom is -0.481 e. The Balaban J connectivity index is 1.58. The van der Waals surface area contributed by atoms with E-state index in [0.717, 1.165) is 24.0 Å². The van der Waals surface area contributed by atoms with Gasteiger partial charge in [0.25, 0.3) is 5.91 Å². The van der Waals surface area contributed by atoms with Crippen LogP contribution in [0.25, 0.3) is 11.1 Å². The molecule has 1 heterocycles. The molecule has 2 aromatic rings. The van der Waals surface area contributed by atoms with Crippen molar-refractivity contribution >= 4 is 11.8 Å². The molecule has 28 heavy (non-hydrogen) atoms. The predicted octanol–water partition coefficient (Wildman–Crippen LogP) is 3.50. The second-order valence-electron chi connectivity index (χ2n) is 7.17. The number of amides is 2. The molecule has 2 amide bonds. The van der Waals surface area contributed by atoms with Gasteiger partial charge in [0.2, 0.25) is 5.91 Å². The molecule has 2 aromatic carbocycles. The Morgan fingerprint density at radius 1 is 1.11 bits per heavy atom. The zero-order chi connectivity index (χ0) is 19.9. The minimum absolute atomic E-state index is 0.0325. The van der Waals surface area contributed by atoms with Gasteiger partial charge in [0.15, 0.2) is 6.10 Å². The van der Waals surface area contributed by atoms with Gasteiger partial charge in [-0.25, -0.2) is 0 Å². The largest absolute Gasteiger partial charge is 0.481 e. The molecule has 0 saturated carbocycles. The van der Waals surface area contributed by atoms with Crippen LogP contribution in [-0.2, 0) is 9.59 Å². The second-order valence-corrected chi connectivity index (χ2v) is 7.17. The van der Waals surface area contributed by atoms with Gasteiger partial charge in [0, 0.05) is 19.6 Å². The molecule has 0 radical (unpaired) electrons. The molecule has 1 fully saturated rings. The number of carbonyl (C=O) groups excluding carboxylic acids is 2. The molecule has 5 nitrogen and oxygen atoms in total. The highest BCUT2D eigenvalue weighted by Gasteiger charge is 2.30. The highest BCUT2D eigenvalue weighted by molar-refractivity contribution is 5.83. The van der Waals surface area contributed by atoms with Crippen LogP contribution in [0.2, 0.25) is 0 Å². The van der Waals surface area contributed by atoms with Crippen molar-refractivity contribution in [1.82, 2.24) is 10.2 Å². The molecule has 1 aliphatic heterocycles. The van der Waals surface area contributed by atoms with Gasteiger partial charge in [-0.05, 0) is 49.9 Å². The molecular formula is C23H28N2O3. The SMILES string of the molecule is CCNC(=O)C1CCCN(C(=O)C(C)Oc2ccc(-c3ccccc3)cc2)C1. The normalized spacial score (nSPS) is 17.6. The summed E-state index contributed by atoms with van der Waals surface area (Å²) in [5.41, 5.74) is 2.25. The molecule has 1 saturated heterocycles. The lowest BCUT2D eigenvalue weighted by molar-refractivity contribution is -0.141. The molecule has 0 aliphatic carbocycles. The van der Waals surface area contributed by atoms with E-state index in [-0.39, 0.29) is 17.7 Å². The lowest BCUT2D eigenvalue weighted by Crippen LogP contribution is -2.49. The van der Waals surface area contributed by atoms with E-state index in [2.05, 4.69) is 17.4 Å². The summed E-state index contributed by atoms with van der Waals surface area (Å²) in [7, 11) is 0. The average molecular weight is 380 g/mol. The number of benzene rings is 2. The van der Waals surface area contributed by atoms with Crippen LogP contribution in [0.1, 0.15) is 26.7 Å². The average Bonchev–Trinajstić information content (AvgIpc) is 2.74. The summed E-state index contributed by atoms with van der Waals surface area (Å²) in [6, 6.07) is 17.9. The van der Waals surface area contributed by atoms with Gasteiger partial charge in [-0.2, -0.15) is 0 Å². The number of nitrogens with zero attached hydrogens (tertiary/aromatic N) is 1. The number of hydrogen-bond donors (Lipinski definition) is 1. The number of ether oxygens (including phenoxy) is 1. The standard InChI is InChI=1S/C23H28N2O3/c1-3-24-22(26)20-10-7-15-25(16-20)23(27)17(2)28-21-13-11-19(12-14-21)18-8-5-4-6-9-18/h4-6,8-9,11-14,17,20H,3,7,10,15-16H2,1-2H3,(H,24,26). The number of likely N-dealkylation sites (tertiary alicyclic amines) is 1. The predicted molar refractivity (Wildman–Crippen MR) is 110 cm³/mol. The number of hydrogen-bond acceptors (Lipinski definition) is 3. The van der Waals surface area contributed by atoms with Crippen molar-refractivity contribution in [3.05, 3.63) is 54.6 Å². The van der Waals surface area contributed by atoms with E-state index >= 15 is 0 Å². The van der Waals surface area contributed by atoms with Crippen LogP contribution in [0.4, 0.5) is 0 Å². The van der Waals surface area contributed by atoms with E-state index in [1.165, 1.54) is 0 Å². The summed E-state index contributed by atoms with van der Waals surface area (Å²) >= 11 is 0. The first-order valence-electron chi connectivity index (χ1n) is 9.97. The van der Waals surface area contributed by atoms with E-state index < -0.39 is 6.10 Å². The smallest absolute Gasteiger partial charge is 0.263 e. The molecule has 3 rings (SSSR count). The first-order chi connectivity index (χ1) is 13.6. The number of nitrogens with one attached hydrogen (secondary N) is 1. The lowest BCUT2D eigenvalue weighted by Gasteiger charge is -2.33. The van der Waals surface area contributed by atoms with Gasteiger partial charge in [-0.3, -0.25) is 9.59 Å². The molecule has 148 valence electrons. The summed E-state index contributed by atoms with van der Waals surface area (Å²) in [6.45, 7) is 5.42. The van der Waals surface area contributed by atoms with Gasteiger partial charge >= 0.3 is 0 Å². The zero-order valence-corrected chi connectivity index (χ0v) is 16.6. The van der Waals surface area contributed by atoms with Gasteiger partial charge in [0.1, 0.15) is 5.75 Å². The zero-order valence-electron chi connectivity index (χ0n) is 16.6. The molecule has 0 spiro atoms. The summed E-state index contributed by atoms with van der Waals surface area (Å²) in [5.74, 6) is 0.499. The molecular weight excluding hydrogens is 352 g/mol. The van der Waals surface area contributed by atoms with Crippen molar-refractivity contribution in [3.8, 4) is 16.9 Å². The van der Waals surface area contributed by atoms with E-state index in [4.69, 9.17) is 4.74 Å². The van der Waals surface area contributed by atoms with Crippen molar-refractivity contribution in [2.75, 3.05) is 19.6 Å². The maximum absolute atomic E-state index is 12.8. The summed E-state index contributed by atoms with van der Waals surface area (Å²) in [5, 5.41) is 2.85. The maximum atomic E-state index is 12.8. The highest BCUT2D eigenvalue weighted by Crippen LogP contribution is 2.23. The van der Waals surface area contributed by atoms with Gasteiger partial charge in [-0.1, -0.05) is 42.5 Å². The van der Waals surface area contributed by atoms with Crippen LogP contribution in [0, 0.1) is 5.92 Å². The number of rotatable bonds is 6. The molecule has 1 N–H and O–H groups in total. The van der Waals surface area contributed by atoms with Crippen LogP contribution < -0.4 is 10.1 Å². The third-order valence-electron chi connectivity index (χ3n) is 5.08. The van der Waals surface area contributed by atoms with Crippen LogP contribution >= 0.6 is 0 Å². The first-order valence-corrected chi connectivity index (χ1v) is 9.97. The van der Waals surface area contributed by atoms with E-state index in [9.17, 15) is 9.59 Å². The fraction of sp³-hybridized carbons (Fsp3) is 0.391. The molecule has 0 bridgehead atoms. The van der Waals surface area contributed by atoms with Crippen molar-refractivity contribution in [3.63, 3.8) is 0 Å². The summed E-state index contributed by atoms with van der Waals surface area (Å²) in [4.78, 5) is 26.6. The van der Waals surface area contributed by atoms with Crippen molar-refractivity contribution < 1.29 is 14.3 Å². The van der Waals surface area contributed by atoms with Crippen LogP contribution in [0.5, 0.6) is 5.75 Å². The Kier molecular flexibility index (Phi) is 6.69. The van der Waals surface area contributed by atoms with Crippen molar-refractivity contribution in [2.24, 2.45) is 5.92 Å². The molecule has 2 atom stereocenters. The van der Waals surface area contributed by atoms with E-state index in [0.29, 0.717) is 25.4 Å². The quantitative estimate of drug-likeness (QED) is 0.834. The Morgan fingerprint density at radius 3 is 2.46 bits per heavy atom.